The maximum atomic E-state index is 12.5. The van der Waals surface area contributed by atoms with Crippen molar-refractivity contribution in [3.63, 3.8) is 0 Å². The van der Waals surface area contributed by atoms with Gasteiger partial charge in [-0.05, 0) is 25.3 Å². The topological polar surface area (TPSA) is 115 Å². The summed E-state index contributed by atoms with van der Waals surface area (Å²) >= 11 is 0. The molecule has 0 saturated heterocycles. The number of nitrogens with two attached hydrogens (primary N) is 2. The monoisotopic (exact) mass is 293 g/mol. The number of primary amides is 2. The number of amides is 3. The van der Waals surface area contributed by atoms with Gasteiger partial charge in [0.25, 0.3) is 0 Å². The van der Waals surface area contributed by atoms with E-state index in [2.05, 4.69) is 5.32 Å². The van der Waals surface area contributed by atoms with Crippen LogP contribution in [0.4, 0.5) is 0 Å². The van der Waals surface area contributed by atoms with Crippen molar-refractivity contribution in [3.8, 4) is 0 Å². The molecule has 1 rings (SSSR count). The van der Waals surface area contributed by atoms with Gasteiger partial charge in [0.15, 0.2) is 0 Å². The van der Waals surface area contributed by atoms with Gasteiger partial charge in [-0.3, -0.25) is 14.4 Å². The van der Waals surface area contributed by atoms with E-state index in [1.807, 2.05) is 13.8 Å². The smallest absolute Gasteiger partial charge is 0.248 e. The Labute approximate surface area is 124 Å². The van der Waals surface area contributed by atoms with Crippen LogP contribution in [0.5, 0.6) is 0 Å². The normalized spacial score (nSPS) is 21.2. The summed E-state index contributed by atoms with van der Waals surface area (Å²) < 4.78 is 0. The number of carbonyl (C=O) groups excluding carboxylic acids is 3. The van der Waals surface area contributed by atoms with Crippen molar-refractivity contribution in [1.82, 2.24) is 5.32 Å². The van der Waals surface area contributed by atoms with E-state index in [1.54, 1.807) is 6.08 Å². The van der Waals surface area contributed by atoms with E-state index in [0.29, 0.717) is 13.0 Å². The Balaban J connectivity index is 3.24. The highest BCUT2D eigenvalue weighted by molar-refractivity contribution is 6.02. The van der Waals surface area contributed by atoms with Crippen LogP contribution in [-0.2, 0) is 14.4 Å². The number of nitrogens with one attached hydrogen (secondary N) is 1. The van der Waals surface area contributed by atoms with Crippen molar-refractivity contribution < 1.29 is 14.4 Å². The van der Waals surface area contributed by atoms with Gasteiger partial charge in [0.2, 0.25) is 17.7 Å². The van der Waals surface area contributed by atoms with E-state index in [1.165, 1.54) is 6.08 Å². The van der Waals surface area contributed by atoms with E-state index in [0.717, 1.165) is 12.8 Å². The van der Waals surface area contributed by atoms with Gasteiger partial charge in [0.1, 0.15) is 0 Å². The van der Waals surface area contributed by atoms with Gasteiger partial charge in [0.05, 0.1) is 5.41 Å². The van der Waals surface area contributed by atoms with Crippen LogP contribution >= 0.6 is 0 Å². The summed E-state index contributed by atoms with van der Waals surface area (Å²) in [6, 6.07) is 0. The molecule has 1 atom stereocenters. The van der Waals surface area contributed by atoms with Gasteiger partial charge in [-0.15, -0.1) is 0 Å². The minimum atomic E-state index is -0.937. The summed E-state index contributed by atoms with van der Waals surface area (Å²) in [6.45, 7) is 4.43. The fraction of sp³-hybridized carbons (Fsp3) is 0.533. The minimum absolute atomic E-state index is 0.162. The molecule has 0 radical (unpaired) electrons. The Bertz CT molecular complexity index is 508. The van der Waals surface area contributed by atoms with E-state index < -0.39 is 17.2 Å². The van der Waals surface area contributed by atoms with E-state index in [4.69, 9.17) is 11.5 Å². The molecule has 0 aliphatic heterocycles. The van der Waals surface area contributed by atoms with Crippen LogP contribution in [0.2, 0.25) is 0 Å². The molecule has 5 N–H and O–H groups in total. The molecular formula is C15H23N3O3. The van der Waals surface area contributed by atoms with Gasteiger partial charge in [0, 0.05) is 17.7 Å². The molecule has 1 aliphatic rings. The number of hydrogen-bond donors (Lipinski definition) is 3. The van der Waals surface area contributed by atoms with Gasteiger partial charge < -0.3 is 16.8 Å². The van der Waals surface area contributed by atoms with Gasteiger partial charge in [-0.2, -0.15) is 0 Å². The summed E-state index contributed by atoms with van der Waals surface area (Å²) in [5, 5.41) is 2.83. The Hall–Kier alpha value is -2.11. The van der Waals surface area contributed by atoms with E-state index >= 15 is 0 Å². The Morgan fingerprint density at radius 1 is 1.19 bits per heavy atom. The average molecular weight is 293 g/mol. The van der Waals surface area contributed by atoms with Crippen LogP contribution in [0.3, 0.4) is 0 Å². The molecule has 6 heteroatoms. The third kappa shape index (κ3) is 3.93. The molecule has 21 heavy (non-hydrogen) atoms. The molecule has 0 aromatic carbocycles. The molecular weight excluding hydrogens is 270 g/mol. The highest BCUT2D eigenvalue weighted by atomic mass is 16.2. The lowest BCUT2D eigenvalue weighted by Crippen LogP contribution is -2.43. The highest BCUT2D eigenvalue weighted by Crippen LogP contribution is 2.38. The van der Waals surface area contributed by atoms with Crippen molar-refractivity contribution in [2.45, 2.75) is 39.5 Å². The summed E-state index contributed by atoms with van der Waals surface area (Å²) in [5.74, 6) is -1.50. The van der Waals surface area contributed by atoms with Crippen molar-refractivity contribution in [1.29, 1.82) is 0 Å². The molecule has 0 heterocycles. The quantitative estimate of drug-likeness (QED) is 0.635. The first-order chi connectivity index (χ1) is 9.86. The van der Waals surface area contributed by atoms with Crippen LogP contribution in [0.25, 0.3) is 0 Å². The number of carbonyl (C=O) groups is 3. The van der Waals surface area contributed by atoms with Crippen LogP contribution < -0.4 is 16.8 Å². The fourth-order valence-electron chi connectivity index (χ4n) is 2.55. The van der Waals surface area contributed by atoms with Crippen LogP contribution in [-0.4, -0.2) is 24.3 Å². The Morgan fingerprint density at radius 2 is 1.86 bits per heavy atom. The first-order valence-corrected chi connectivity index (χ1v) is 7.17. The molecule has 3 amide bonds. The van der Waals surface area contributed by atoms with Crippen LogP contribution in [0.15, 0.2) is 23.3 Å². The molecule has 0 saturated carbocycles. The molecule has 116 valence electrons. The minimum Gasteiger partial charge on any atom is -0.366 e. The zero-order chi connectivity index (χ0) is 16.0. The zero-order valence-electron chi connectivity index (χ0n) is 12.6. The lowest BCUT2D eigenvalue weighted by molar-refractivity contribution is -0.129. The lowest BCUT2D eigenvalue weighted by Gasteiger charge is -2.33. The summed E-state index contributed by atoms with van der Waals surface area (Å²) in [5.41, 5.74) is 10.1. The highest BCUT2D eigenvalue weighted by Gasteiger charge is 2.40. The predicted molar refractivity (Wildman–Crippen MR) is 79.8 cm³/mol. The SMILES string of the molecule is CCCNC(=O)C1(CCC)C=C(C(N)=O)C=C(C(N)=O)C1. The third-order valence-corrected chi connectivity index (χ3v) is 3.55. The molecule has 1 unspecified atom stereocenters. The van der Waals surface area contributed by atoms with Crippen LogP contribution in [0.1, 0.15) is 39.5 Å². The standard InChI is InChI=1S/C15H23N3O3/c1-3-5-15(14(21)18-6-4-2)8-10(12(16)19)7-11(9-15)13(17)20/h7-8H,3-6,9H2,1-2H3,(H2,16,19)(H2,17,20)(H,18,21). The zero-order valence-corrected chi connectivity index (χ0v) is 12.6. The van der Waals surface area contributed by atoms with E-state index in [-0.39, 0.29) is 23.5 Å². The van der Waals surface area contributed by atoms with Crippen molar-refractivity contribution in [2.75, 3.05) is 6.54 Å². The first-order valence-electron chi connectivity index (χ1n) is 7.17. The second-order valence-corrected chi connectivity index (χ2v) is 5.34. The molecule has 6 nitrogen and oxygen atoms in total. The molecule has 0 bridgehead atoms. The summed E-state index contributed by atoms with van der Waals surface area (Å²) in [6.07, 6.45) is 5.21. The predicted octanol–water partition coefficient (Wildman–Crippen LogP) is 0.526. The second-order valence-electron chi connectivity index (χ2n) is 5.34. The van der Waals surface area contributed by atoms with Crippen molar-refractivity contribution >= 4 is 17.7 Å². The number of rotatable bonds is 7. The van der Waals surface area contributed by atoms with Crippen molar-refractivity contribution in [3.05, 3.63) is 23.3 Å². The number of hydrogen-bond acceptors (Lipinski definition) is 3. The van der Waals surface area contributed by atoms with E-state index in [9.17, 15) is 14.4 Å². The van der Waals surface area contributed by atoms with Crippen LogP contribution in [0, 0.1) is 5.41 Å². The largest absolute Gasteiger partial charge is 0.366 e. The average Bonchev–Trinajstić information content (AvgIpc) is 2.44. The molecule has 0 aromatic heterocycles. The summed E-state index contributed by atoms with van der Waals surface area (Å²) in [4.78, 5) is 35.5. The fourth-order valence-corrected chi connectivity index (χ4v) is 2.55. The first kappa shape index (κ1) is 16.9. The van der Waals surface area contributed by atoms with Gasteiger partial charge >= 0.3 is 0 Å². The molecule has 1 aliphatic carbocycles. The maximum Gasteiger partial charge on any atom is 0.248 e. The van der Waals surface area contributed by atoms with Crippen molar-refractivity contribution in [2.24, 2.45) is 16.9 Å². The molecule has 0 spiro atoms. The molecule has 0 fully saturated rings. The second kappa shape index (κ2) is 7.06. The Morgan fingerprint density at radius 3 is 2.33 bits per heavy atom. The lowest BCUT2D eigenvalue weighted by atomic mass is 9.72. The van der Waals surface area contributed by atoms with Gasteiger partial charge in [-0.1, -0.05) is 26.3 Å². The molecule has 0 aromatic rings. The summed E-state index contributed by atoms with van der Waals surface area (Å²) in [7, 11) is 0. The Kier molecular flexibility index (Phi) is 5.69. The third-order valence-electron chi connectivity index (χ3n) is 3.55. The van der Waals surface area contributed by atoms with Gasteiger partial charge in [-0.25, -0.2) is 0 Å². The maximum absolute atomic E-state index is 12.5.